The molecule has 8 nitrogen and oxygen atoms in total. The van der Waals surface area contributed by atoms with Crippen LogP contribution in [0.2, 0.25) is 0 Å². The van der Waals surface area contributed by atoms with E-state index in [1.807, 2.05) is 20.8 Å². The first-order valence-electron chi connectivity index (χ1n) is 11.9. The predicted octanol–water partition coefficient (Wildman–Crippen LogP) is 4.86. The fourth-order valence-corrected chi connectivity index (χ4v) is 4.39. The lowest BCUT2D eigenvalue weighted by Gasteiger charge is -2.33. The van der Waals surface area contributed by atoms with Crippen molar-refractivity contribution in [3.8, 4) is 5.75 Å². The molecule has 1 saturated heterocycles. The normalized spacial score (nSPS) is 14.9. The number of aryl methyl sites for hydroxylation is 1. The number of carbonyl (C=O) groups excluding carboxylic acids is 1. The average molecular weight is 501 g/mol. The number of hydrogen-bond donors (Lipinski definition) is 0. The van der Waals surface area contributed by atoms with Gasteiger partial charge in [0.05, 0.1) is 12.2 Å². The van der Waals surface area contributed by atoms with Crippen molar-refractivity contribution in [2.24, 2.45) is 0 Å². The number of hydrogen-bond acceptors (Lipinski definition) is 6. The largest absolute Gasteiger partial charge is 0.444 e. The maximum atomic E-state index is 13.7. The number of pyridine rings is 1. The number of benzene rings is 1. The van der Waals surface area contributed by atoms with Gasteiger partial charge < -0.3 is 14.4 Å². The third kappa shape index (κ3) is 5.80. The molecule has 0 N–H and O–H groups in total. The lowest BCUT2D eigenvalue weighted by molar-refractivity contribution is -0.0505. The van der Waals surface area contributed by atoms with Crippen molar-refractivity contribution < 1.29 is 23.0 Å². The number of ether oxygens (including phenoxy) is 2. The molecule has 2 aromatic heterocycles. The monoisotopic (exact) mass is 500 g/mol. The molecule has 3 heterocycles. The van der Waals surface area contributed by atoms with Crippen molar-refractivity contribution in [3.05, 3.63) is 63.7 Å². The van der Waals surface area contributed by atoms with Crippen LogP contribution in [0.25, 0.3) is 11.2 Å². The van der Waals surface area contributed by atoms with Crippen LogP contribution in [0, 0.1) is 6.92 Å². The Balaban J connectivity index is 1.67. The van der Waals surface area contributed by atoms with Gasteiger partial charge in [0.25, 0.3) is 5.56 Å². The first-order chi connectivity index (χ1) is 17.0. The van der Waals surface area contributed by atoms with Crippen LogP contribution in [-0.2, 0) is 11.3 Å². The van der Waals surface area contributed by atoms with Gasteiger partial charge in [-0.2, -0.15) is 8.78 Å². The van der Waals surface area contributed by atoms with Crippen LogP contribution >= 0.6 is 0 Å². The van der Waals surface area contributed by atoms with Crippen molar-refractivity contribution >= 4 is 17.3 Å². The van der Waals surface area contributed by atoms with E-state index in [2.05, 4.69) is 14.7 Å². The SMILES string of the molecule is Cc1cnc2cc(C3CCN(C(=O)OC(C)(C)C)CC3)c(=O)n(Cc3ccccc3OC(F)F)c2n1. The van der Waals surface area contributed by atoms with Crippen molar-refractivity contribution in [1.82, 2.24) is 19.4 Å². The highest BCUT2D eigenvalue weighted by atomic mass is 19.3. The summed E-state index contributed by atoms with van der Waals surface area (Å²) in [5, 5.41) is 0. The van der Waals surface area contributed by atoms with Gasteiger partial charge in [0.2, 0.25) is 0 Å². The number of carbonyl (C=O) groups is 1. The topological polar surface area (TPSA) is 86.6 Å². The molecule has 0 atom stereocenters. The van der Waals surface area contributed by atoms with Crippen LogP contribution in [0.1, 0.15) is 56.4 Å². The highest BCUT2D eigenvalue weighted by molar-refractivity contribution is 5.71. The highest BCUT2D eigenvalue weighted by Gasteiger charge is 2.29. The van der Waals surface area contributed by atoms with E-state index in [1.165, 1.54) is 10.6 Å². The van der Waals surface area contributed by atoms with Gasteiger partial charge in [0, 0.05) is 30.4 Å². The molecule has 4 rings (SSSR count). The van der Waals surface area contributed by atoms with E-state index < -0.39 is 12.2 Å². The van der Waals surface area contributed by atoms with Crippen molar-refractivity contribution in [1.29, 1.82) is 0 Å². The van der Waals surface area contributed by atoms with Crippen LogP contribution < -0.4 is 10.3 Å². The first-order valence-corrected chi connectivity index (χ1v) is 11.9. The summed E-state index contributed by atoms with van der Waals surface area (Å²) in [5.41, 5.74) is 1.70. The van der Waals surface area contributed by atoms with Gasteiger partial charge >= 0.3 is 12.7 Å². The average Bonchev–Trinajstić information content (AvgIpc) is 2.80. The molecule has 10 heteroatoms. The molecule has 1 amide bonds. The van der Waals surface area contributed by atoms with Gasteiger partial charge in [-0.05, 0) is 58.6 Å². The molecule has 0 saturated carbocycles. The second-order valence-electron chi connectivity index (χ2n) is 9.94. The van der Waals surface area contributed by atoms with Gasteiger partial charge in [0.1, 0.15) is 16.9 Å². The summed E-state index contributed by atoms with van der Waals surface area (Å²) in [7, 11) is 0. The minimum atomic E-state index is -2.98. The summed E-state index contributed by atoms with van der Waals surface area (Å²) >= 11 is 0. The number of rotatable bonds is 5. The minimum absolute atomic E-state index is 0.000946. The quantitative estimate of drug-likeness (QED) is 0.497. The van der Waals surface area contributed by atoms with Gasteiger partial charge in [-0.15, -0.1) is 0 Å². The number of likely N-dealkylation sites (tertiary alicyclic amines) is 1. The van der Waals surface area contributed by atoms with E-state index in [9.17, 15) is 18.4 Å². The Labute approximate surface area is 207 Å². The molecule has 0 aliphatic carbocycles. The van der Waals surface area contributed by atoms with E-state index in [1.54, 1.807) is 42.3 Å². The van der Waals surface area contributed by atoms with Crippen LogP contribution in [0.3, 0.4) is 0 Å². The zero-order valence-corrected chi connectivity index (χ0v) is 20.8. The highest BCUT2D eigenvalue weighted by Crippen LogP contribution is 2.29. The summed E-state index contributed by atoms with van der Waals surface area (Å²) in [5.74, 6) is -0.0910. The zero-order chi connectivity index (χ0) is 26.0. The summed E-state index contributed by atoms with van der Waals surface area (Å²) in [4.78, 5) is 36.8. The fourth-order valence-electron chi connectivity index (χ4n) is 4.39. The molecule has 1 aliphatic heterocycles. The summed E-state index contributed by atoms with van der Waals surface area (Å²) in [6.07, 6.45) is 2.43. The fraction of sp³-hybridized carbons (Fsp3) is 0.462. The Morgan fingerprint density at radius 1 is 1.19 bits per heavy atom. The summed E-state index contributed by atoms with van der Waals surface area (Å²) in [6, 6.07) is 8.15. The molecule has 192 valence electrons. The predicted molar refractivity (Wildman–Crippen MR) is 130 cm³/mol. The lowest BCUT2D eigenvalue weighted by Crippen LogP contribution is -2.42. The first kappa shape index (κ1) is 25.5. The van der Waals surface area contributed by atoms with Crippen molar-refractivity contribution in [2.75, 3.05) is 13.1 Å². The molecule has 1 aromatic carbocycles. The second-order valence-corrected chi connectivity index (χ2v) is 9.94. The summed E-state index contributed by atoms with van der Waals surface area (Å²) < 4.78 is 37.5. The Kier molecular flexibility index (Phi) is 7.23. The number of para-hydroxylation sites is 1. The number of fused-ring (bicyclic) bond motifs is 1. The lowest BCUT2D eigenvalue weighted by atomic mass is 9.90. The zero-order valence-electron chi connectivity index (χ0n) is 20.8. The Bertz CT molecular complexity index is 1310. The molecule has 36 heavy (non-hydrogen) atoms. The Hall–Kier alpha value is -3.56. The standard InChI is InChI=1S/C26H30F2N4O4/c1-16-14-29-20-13-19(17-9-11-31(12-10-17)25(34)36-26(2,3)4)23(33)32(22(20)30-16)15-18-7-5-6-8-21(18)35-24(27)28/h5-8,13-14,17,24H,9-12,15H2,1-4H3. The Morgan fingerprint density at radius 2 is 1.89 bits per heavy atom. The smallest absolute Gasteiger partial charge is 0.410 e. The van der Waals surface area contributed by atoms with Crippen LogP contribution in [-0.4, -0.2) is 50.8 Å². The molecular formula is C26H30F2N4O4. The van der Waals surface area contributed by atoms with Crippen LogP contribution in [0.15, 0.2) is 41.3 Å². The van der Waals surface area contributed by atoms with Gasteiger partial charge in [-0.1, -0.05) is 18.2 Å². The molecule has 0 spiro atoms. The molecule has 1 aliphatic rings. The maximum Gasteiger partial charge on any atom is 0.410 e. The number of amides is 1. The number of halogens is 2. The number of aromatic nitrogens is 3. The van der Waals surface area contributed by atoms with Crippen LogP contribution in [0.5, 0.6) is 5.75 Å². The molecule has 0 unspecified atom stereocenters. The summed E-state index contributed by atoms with van der Waals surface area (Å²) in [6.45, 7) is 5.18. The number of piperidine rings is 1. The number of alkyl halides is 2. The van der Waals surface area contributed by atoms with Crippen LogP contribution in [0.4, 0.5) is 13.6 Å². The van der Waals surface area contributed by atoms with E-state index >= 15 is 0 Å². The van der Waals surface area contributed by atoms with E-state index in [4.69, 9.17) is 4.74 Å². The maximum absolute atomic E-state index is 13.7. The molecule has 0 bridgehead atoms. The third-order valence-corrected chi connectivity index (χ3v) is 6.05. The van der Waals surface area contributed by atoms with E-state index in [0.717, 1.165) is 0 Å². The molecule has 0 radical (unpaired) electrons. The Morgan fingerprint density at radius 3 is 2.56 bits per heavy atom. The number of nitrogens with zero attached hydrogens (tertiary/aromatic N) is 4. The minimum Gasteiger partial charge on any atom is -0.444 e. The van der Waals surface area contributed by atoms with Crippen molar-refractivity contribution in [3.63, 3.8) is 0 Å². The van der Waals surface area contributed by atoms with Gasteiger partial charge in [0.15, 0.2) is 5.65 Å². The molecule has 3 aromatic rings. The van der Waals surface area contributed by atoms with E-state index in [-0.39, 0.29) is 29.9 Å². The van der Waals surface area contributed by atoms with Gasteiger partial charge in [-0.3, -0.25) is 14.3 Å². The van der Waals surface area contributed by atoms with Gasteiger partial charge in [-0.25, -0.2) is 9.78 Å². The second kappa shape index (κ2) is 10.2. The van der Waals surface area contributed by atoms with Crippen molar-refractivity contribution in [2.45, 2.75) is 65.2 Å². The molecular weight excluding hydrogens is 470 g/mol. The molecule has 1 fully saturated rings. The van der Waals surface area contributed by atoms with E-state index in [0.29, 0.717) is 53.9 Å². The third-order valence-electron chi connectivity index (χ3n) is 6.05.